The number of fused-ring (bicyclic) bond motifs is 1. The molecule has 0 amide bonds. The molecule has 2 aromatic rings. The third kappa shape index (κ3) is 5.87. The molecule has 0 bridgehead atoms. The predicted molar refractivity (Wildman–Crippen MR) is 89.0 cm³/mol. The van der Waals surface area contributed by atoms with Gasteiger partial charge in [-0.1, -0.05) is 69.4 Å². The summed E-state index contributed by atoms with van der Waals surface area (Å²) in [6.45, 7) is 2.20. The van der Waals surface area contributed by atoms with E-state index in [1.807, 2.05) is 24.3 Å². The van der Waals surface area contributed by atoms with Gasteiger partial charge >= 0.3 is 29.6 Å². The van der Waals surface area contributed by atoms with Gasteiger partial charge in [0, 0.05) is 5.39 Å². The van der Waals surface area contributed by atoms with Crippen molar-refractivity contribution in [2.45, 2.75) is 56.8 Å². The minimum absolute atomic E-state index is 0. The minimum Gasteiger partial charge on any atom is -0.744 e. The van der Waals surface area contributed by atoms with Crippen LogP contribution in [0.1, 0.15) is 51.0 Å². The molecule has 2 rings (SSSR count). The van der Waals surface area contributed by atoms with Crippen molar-refractivity contribution in [1.29, 1.82) is 0 Å². The molecule has 0 aromatic heterocycles. The summed E-state index contributed by atoms with van der Waals surface area (Å²) >= 11 is 0. The van der Waals surface area contributed by atoms with E-state index in [1.165, 1.54) is 31.7 Å². The van der Waals surface area contributed by atoms with Crippen LogP contribution in [0.2, 0.25) is 0 Å². The van der Waals surface area contributed by atoms with Crippen LogP contribution >= 0.6 is 0 Å². The summed E-state index contributed by atoms with van der Waals surface area (Å²) in [5.74, 6) is 0. The molecule has 3 nitrogen and oxygen atoms in total. The second kappa shape index (κ2) is 9.80. The van der Waals surface area contributed by atoms with Crippen molar-refractivity contribution in [3.05, 3.63) is 42.0 Å². The van der Waals surface area contributed by atoms with Gasteiger partial charge in [0.15, 0.2) is 0 Å². The second-order valence-electron chi connectivity index (χ2n) is 5.74. The van der Waals surface area contributed by atoms with Crippen LogP contribution in [0, 0.1) is 0 Å². The van der Waals surface area contributed by atoms with Gasteiger partial charge in [-0.2, -0.15) is 0 Å². The zero-order valence-electron chi connectivity index (χ0n) is 14.0. The van der Waals surface area contributed by atoms with Crippen LogP contribution in [0.3, 0.4) is 0 Å². The molecular formula is C18H23NaO3S. The number of rotatable bonds is 8. The van der Waals surface area contributed by atoms with E-state index in [4.69, 9.17) is 0 Å². The Morgan fingerprint density at radius 1 is 0.913 bits per heavy atom. The van der Waals surface area contributed by atoms with E-state index in [2.05, 4.69) is 6.92 Å². The summed E-state index contributed by atoms with van der Waals surface area (Å²) < 4.78 is 34.5. The fourth-order valence-corrected chi connectivity index (χ4v) is 3.64. The molecule has 2 aromatic carbocycles. The SMILES string of the molecule is CCCCCCCCc1cccc2cccc(S(=O)(=O)[O-])c12.[Na+]. The minimum atomic E-state index is -4.44. The summed E-state index contributed by atoms with van der Waals surface area (Å²) in [4.78, 5) is -0.0911. The van der Waals surface area contributed by atoms with Gasteiger partial charge in [-0.05, 0) is 29.9 Å². The van der Waals surface area contributed by atoms with E-state index in [-0.39, 0.29) is 34.5 Å². The van der Waals surface area contributed by atoms with Crippen molar-refractivity contribution in [3.63, 3.8) is 0 Å². The molecule has 0 N–H and O–H groups in total. The first kappa shape index (κ1) is 20.7. The van der Waals surface area contributed by atoms with Crippen LogP contribution < -0.4 is 29.6 Å². The number of unbranched alkanes of at least 4 members (excludes halogenated alkanes) is 5. The molecule has 0 aliphatic carbocycles. The summed E-state index contributed by atoms with van der Waals surface area (Å²) in [6.07, 6.45) is 7.95. The van der Waals surface area contributed by atoms with Gasteiger partial charge in [-0.3, -0.25) is 0 Å². The van der Waals surface area contributed by atoms with Crippen LogP contribution in [0.15, 0.2) is 41.3 Å². The molecule has 0 radical (unpaired) electrons. The van der Waals surface area contributed by atoms with Gasteiger partial charge in [-0.15, -0.1) is 0 Å². The number of hydrogen-bond acceptors (Lipinski definition) is 3. The molecule has 23 heavy (non-hydrogen) atoms. The van der Waals surface area contributed by atoms with Crippen molar-refractivity contribution >= 4 is 20.9 Å². The number of aryl methyl sites for hydroxylation is 1. The van der Waals surface area contributed by atoms with Gasteiger partial charge in [0.05, 0.1) is 4.90 Å². The predicted octanol–water partition coefficient (Wildman–Crippen LogP) is 1.65. The van der Waals surface area contributed by atoms with Crippen LogP contribution in [-0.4, -0.2) is 13.0 Å². The van der Waals surface area contributed by atoms with Crippen LogP contribution in [-0.2, 0) is 16.5 Å². The van der Waals surface area contributed by atoms with Gasteiger partial charge in [0.1, 0.15) is 10.1 Å². The number of benzene rings is 2. The smallest absolute Gasteiger partial charge is 0.744 e. The topological polar surface area (TPSA) is 57.2 Å². The maximum Gasteiger partial charge on any atom is 1.00 e. The normalized spacial score (nSPS) is 11.4. The Labute approximate surface area is 161 Å². The van der Waals surface area contributed by atoms with Gasteiger partial charge < -0.3 is 4.55 Å². The first-order valence-corrected chi connectivity index (χ1v) is 9.41. The zero-order chi connectivity index (χ0) is 16.0. The molecule has 120 valence electrons. The molecule has 0 fully saturated rings. The molecular weight excluding hydrogens is 319 g/mol. The van der Waals surface area contributed by atoms with Gasteiger partial charge in [-0.25, -0.2) is 8.42 Å². The first-order valence-electron chi connectivity index (χ1n) is 8.00. The van der Waals surface area contributed by atoms with E-state index in [0.29, 0.717) is 5.39 Å². The Bertz CT molecular complexity index is 721. The Kier molecular flexibility index (Phi) is 8.80. The van der Waals surface area contributed by atoms with E-state index in [1.54, 1.807) is 6.07 Å². The van der Waals surface area contributed by atoms with Crippen LogP contribution in [0.4, 0.5) is 0 Å². The van der Waals surface area contributed by atoms with Crippen molar-refractivity contribution in [3.8, 4) is 0 Å². The summed E-state index contributed by atoms with van der Waals surface area (Å²) in [5.41, 5.74) is 0.961. The zero-order valence-corrected chi connectivity index (χ0v) is 16.9. The van der Waals surface area contributed by atoms with Crippen LogP contribution in [0.5, 0.6) is 0 Å². The van der Waals surface area contributed by atoms with E-state index in [0.717, 1.165) is 30.2 Å². The fourth-order valence-electron chi connectivity index (χ4n) is 2.89. The third-order valence-corrected chi connectivity index (χ3v) is 4.90. The summed E-state index contributed by atoms with van der Waals surface area (Å²) in [6, 6.07) is 10.6. The first-order chi connectivity index (χ1) is 10.5. The second-order valence-corrected chi connectivity index (χ2v) is 7.09. The number of hydrogen-bond donors (Lipinski definition) is 0. The third-order valence-electron chi connectivity index (χ3n) is 4.02. The van der Waals surface area contributed by atoms with E-state index >= 15 is 0 Å². The standard InChI is InChI=1S/C18H24O3S.Na/c1-2-3-4-5-6-7-10-15-11-8-12-16-13-9-14-17(18(15)16)22(19,20)21;/h8-9,11-14H,2-7,10H2,1H3,(H,19,20,21);/q;+1/p-1. The Hall–Kier alpha value is -0.390. The largest absolute Gasteiger partial charge is 1.00 e. The average molecular weight is 342 g/mol. The Morgan fingerprint density at radius 2 is 1.52 bits per heavy atom. The van der Waals surface area contributed by atoms with Crippen molar-refractivity contribution in [1.82, 2.24) is 0 Å². The molecule has 0 spiro atoms. The molecule has 0 heterocycles. The summed E-state index contributed by atoms with van der Waals surface area (Å²) in [5, 5.41) is 1.42. The van der Waals surface area contributed by atoms with E-state index < -0.39 is 10.1 Å². The van der Waals surface area contributed by atoms with Crippen molar-refractivity contribution < 1.29 is 42.5 Å². The summed E-state index contributed by atoms with van der Waals surface area (Å²) in [7, 11) is -4.44. The molecule has 0 atom stereocenters. The average Bonchev–Trinajstić information content (AvgIpc) is 2.49. The molecule has 5 heteroatoms. The van der Waals surface area contributed by atoms with Crippen molar-refractivity contribution in [2.24, 2.45) is 0 Å². The molecule has 0 aliphatic heterocycles. The van der Waals surface area contributed by atoms with Gasteiger partial charge in [0.25, 0.3) is 0 Å². The van der Waals surface area contributed by atoms with Gasteiger partial charge in [0.2, 0.25) is 0 Å². The fraction of sp³-hybridized carbons (Fsp3) is 0.444. The van der Waals surface area contributed by atoms with E-state index in [9.17, 15) is 13.0 Å². The Morgan fingerprint density at radius 3 is 2.17 bits per heavy atom. The molecule has 0 saturated carbocycles. The molecule has 0 aliphatic rings. The molecule has 0 saturated heterocycles. The monoisotopic (exact) mass is 342 g/mol. The maximum absolute atomic E-state index is 11.5. The quantitative estimate of drug-likeness (QED) is 0.416. The van der Waals surface area contributed by atoms with Crippen molar-refractivity contribution in [2.75, 3.05) is 0 Å². The van der Waals surface area contributed by atoms with Crippen LogP contribution in [0.25, 0.3) is 10.8 Å². The maximum atomic E-state index is 11.5. The Balaban J connectivity index is 0.00000264. The molecule has 0 unspecified atom stereocenters.